The number of ether oxygens (including phenoxy) is 1. The highest BCUT2D eigenvalue weighted by Crippen LogP contribution is 2.26. The van der Waals surface area contributed by atoms with Crippen LogP contribution in [0, 0.1) is 12.8 Å². The molecule has 2 saturated heterocycles. The van der Waals surface area contributed by atoms with Crippen LogP contribution in [0.3, 0.4) is 0 Å². The topological polar surface area (TPSA) is 111 Å². The normalized spacial score (nSPS) is 24.0. The van der Waals surface area contributed by atoms with Crippen LogP contribution < -0.4 is 0 Å². The molecule has 0 radical (unpaired) electrons. The van der Waals surface area contributed by atoms with E-state index in [-0.39, 0.29) is 42.2 Å². The van der Waals surface area contributed by atoms with E-state index >= 15 is 0 Å². The number of hydrogen-bond donors (Lipinski definition) is 0. The second kappa shape index (κ2) is 6.73. The summed E-state index contributed by atoms with van der Waals surface area (Å²) in [5.74, 6) is 0.157. The summed E-state index contributed by atoms with van der Waals surface area (Å²) in [5, 5.41) is 3.79. The summed E-state index contributed by atoms with van der Waals surface area (Å²) in [6.45, 7) is 3.25. The number of rotatable bonds is 3. The molecule has 2 atom stereocenters. The fourth-order valence-electron chi connectivity index (χ4n) is 3.54. The first-order valence-electron chi connectivity index (χ1n) is 8.64. The number of nitrogens with zero attached hydrogens (tertiary/aromatic N) is 5. The fraction of sp³-hybridized carbons (Fsp3) is 0.562. The van der Waals surface area contributed by atoms with Crippen LogP contribution in [0.5, 0.6) is 0 Å². The van der Waals surface area contributed by atoms with Crippen LogP contribution >= 0.6 is 0 Å². The van der Waals surface area contributed by atoms with Gasteiger partial charge in [-0.25, -0.2) is 13.4 Å². The summed E-state index contributed by atoms with van der Waals surface area (Å²) in [4.78, 5) is 18.4. The quantitative estimate of drug-likeness (QED) is 0.712. The van der Waals surface area contributed by atoms with Crippen LogP contribution in [-0.2, 0) is 21.8 Å². The van der Waals surface area contributed by atoms with Gasteiger partial charge in [-0.15, -0.1) is 0 Å². The highest BCUT2D eigenvalue weighted by molar-refractivity contribution is 7.89. The summed E-state index contributed by atoms with van der Waals surface area (Å²) in [6, 6.07) is 1.10. The Bertz CT molecular complexity index is 952. The Morgan fingerprint density at radius 2 is 2.07 bits per heavy atom. The predicted molar refractivity (Wildman–Crippen MR) is 92.3 cm³/mol. The largest absolute Gasteiger partial charge is 0.379 e. The molecule has 0 unspecified atom stereocenters. The van der Waals surface area contributed by atoms with Gasteiger partial charge in [0.1, 0.15) is 5.76 Å². The first kappa shape index (κ1) is 18.1. The first-order valence-corrected chi connectivity index (χ1v) is 10.1. The molecular formula is C16H21N5O5S. The van der Waals surface area contributed by atoms with E-state index < -0.39 is 16.1 Å². The molecule has 4 rings (SSSR count). The molecule has 4 heterocycles. The maximum atomic E-state index is 13.1. The number of aromatic nitrogens is 3. The zero-order chi connectivity index (χ0) is 19.2. The Hall–Kier alpha value is -2.24. The summed E-state index contributed by atoms with van der Waals surface area (Å²) >= 11 is 0. The second-order valence-electron chi connectivity index (χ2n) is 7.04. The second-order valence-corrected chi connectivity index (χ2v) is 8.88. The Morgan fingerprint density at radius 1 is 1.26 bits per heavy atom. The van der Waals surface area contributed by atoms with Crippen LogP contribution in [0.2, 0.25) is 0 Å². The van der Waals surface area contributed by atoms with E-state index in [1.54, 1.807) is 29.5 Å². The van der Waals surface area contributed by atoms with Gasteiger partial charge in [0.15, 0.2) is 10.7 Å². The maximum Gasteiger partial charge on any atom is 0.276 e. The van der Waals surface area contributed by atoms with Crippen molar-refractivity contribution in [3.63, 3.8) is 0 Å². The summed E-state index contributed by atoms with van der Waals surface area (Å²) in [7, 11) is -2.06. The minimum absolute atomic E-state index is 0.00236. The van der Waals surface area contributed by atoms with Crippen LogP contribution in [0.25, 0.3) is 0 Å². The van der Waals surface area contributed by atoms with Gasteiger partial charge in [0.2, 0.25) is 0 Å². The number of carbonyl (C=O) groups is 1. The number of carbonyl (C=O) groups excluding carboxylic acids is 1. The van der Waals surface area contributed by atoms with Crippen molar-refractivity contribution >= 4 is 15.9 Å². The number of fused-ring (bicyclic) bond motifs is 3. The van der Waals surface area contributed by atoms with Gasteiger partial charge in [-0.05, 0) is 6.92 Å². The van der Waals surface area contributed by atoms with E-state index in [0.29, 0.717) is 18.9 Å². The molecular weight excluding hydrogens is 374 g/mol. The molecule has 0 spiro atoms. The Labute approximate surface area is 156 Å². The zero-order valence-electron chi connectivity index (χ0n) is 15.1. The minimum Gasteiger partial charge on any atom is -0.379 e. The van der Waals surface area contributed by atoms with Crippen molar-refractivity contribution in [2.75, 3.05) is 32.8 Å². The lowest BCUT2D eigenvalue weighted by Crippen LogP contribution is -2.47. The molecule has 11 heteroatoms. The number of sulfonamides is 1. The molecule has 146 valence electrons. The van der Waals surface area contributed by atoms with Crippen LogP contribution in [0.1, 0.15) is 16.2 Å². The van der Waals surface area contributed by atoms with Crippen molar-refractivity contribution in [1.82, 2.24) is 23.9 Å². The summed E-state index contributed by atoms with van der Waals surface area (Å²) < 4.78 is 39.9. The SMILES string of the molecule is Cc1cc(C(=O)N2C[C@@H]3COC[C@H](C2)N(S(=O)(=O)c2cn(C)cn2)C3)no1. The Kier molecular flexibility index (Phi) is 4.52. The first-order chi connectivity index (χ1) is 12.8. The van der Waals surface area contributed by atoms with E-state index in [1.807, 2.05) is 0 Å². The van der Waals surface area contributed by atoms with Crippen molar-refractivity contribution in [1.29, 1.82) is 0 Å². The molecule has 2 bridgehead atoms. The molecule has 2 fully saturated rings. The van der Waals surface area contributed by atoms with Gasteiger partial charge in [-0.3, -0.25) is 4.79 Å². The third-order valence-electron chi connectivity index (χ3n) is 4.81. The predicted octanol–water partition coefficient (Wildman–Crippen LogP) is -0.122. The average Bonchev–Trinajstić information content (AvgIpc) is 3.12. The molecule has 0 saturated carbocycles. The fourth-order valence-corrected chi connectivity index (χ4v) is 5.18. The number of imidazole rings is 1. The molecule has 10 nitrogen and oxygen atoms in total. The maximum absolute atomic E-state index is 13.1. The van der Waals surface area contributed by atoms with Gasteiger partial charge in [-0.1, -0.05) is 5.16 Å². The van der Waals surface area contributed by atoms with Gasteiger partial charge in [0.25, 0.3) is 15.9 Å². The molecule has 0 N–H and O–H groups in total. The van der Waals surface area contributed by atoms with Gasteiger partial charge in [0, 0.05) is 44.9 Å². The van der Waals surface area contributed by atoms with Gasteiger partial charge in [-0.2, -0.15) is 4.31 Å². The molecule has 27 heavy (non-hydrogen) atoms. The molecule has 2 aliphatic rings. The van der Waals surface area contributed by atoms with E-state index in [4.69, 9.17) is 9.26 Å². The highest BCUT2D eigenvalue weighted by Gasteiger charge is 2.42. The number of aryl methyl sites for hydroxylation is 2. The summed E-state index contributed by atoms with van der Waals surface area (Å²) in [5.41, 5.74) is 0.229. The molecule has 2 aromatic heterocycles. The van der Waals surface area contributed by atoms with E-state index in [2.05, 4.69) is 10.1 Å². The third kappa shape index (κ3) is 3.37. The van der Waals surface area contributed by atoms with Crippen LogP contribution in [0.4, 0.5) is 0 Å². The standard InChI is InChI=1S/C16H21N5O5S/c1-11-3-14(18-26-11)16(22)20-4-12-5-21(13(6-20)9-25-8-12)27(23,24)15-7-19(2)10-17-15/h3,7,10,12-13H,4-6,8-9H2,1-2H3/t12-,13-/m0/s1. The Balaban J connectivity index is 1.63. The van der Waals surface area contributed by atoms with Gasteiger partial charge in [0.05, 0.1) is 25.6 Å². The Morgan fingerprint density at radius 3 is 2.74 bits per heavy atom. The average molecular weight is 395 g/mol. The molecule has 1 amide bonds. The van der Waals surface area contributed by atoms with E-state index in [0.717, 1.165) is 0 Å². The minimum atomic E-state index is -3.78. The molecule has 2 aromatic rings. The van der Waals surface area contributed by atoms with E-state index in [1.165, 1.54) is 16.8 Å². The van der Waals surface area contributed by atoms with Gasteiger partial charge < -0.3 is 18.7 Å². The number of amides is 1. The molecule has 0 aromatic carbocycles. The lowest BCUT2D eigenvalue weighted by Gasteiger charge is -2.30. The van der Waals surface area contributed by atoms with Crippen molar-refractivity contribution < 1.29 is 22.5 Å². The van der Waals surface area contributed by atoms with Gasteiger partial charge >= 0.3 is 0 Å². The van der Waals surface area contributed by atoms with E-state index in [9.17, 15) is 13.2 Å². The van der Waals surface area contributed by atoms with Crippen molar-refractivity contribution in [2.45, 2.75) is 18.0 Å². The lowest BCUT2D eigenvalue weighted by molar-refractivity contribution is 0.0453. The van der Waals surface area contributed by atoms with Crippen molar-refractivity contribution in [3.8, 4) is 0 Å². The number of hydrogen-bond acceptors (Lipinski definition) is 7. The molecule has 2 aliphatic heterocycles. The van der Waals surface area contributed by atoms with Crippen LogP contribution in [-0.4, -0.2) is 77.1 Å². The molecule has 0 aliphatic carbocycles. The third-order valence-corrected chi connectivity index (χ3v) is 6.61. The highest BCUT2D eigenvalue weighted by atomic mass is 32.2. The summed E-state index contributed by atoms with van der Waals surface area (Å²) in [6.07, 6.45) is 2.93. The smallest absolute Gasteiger partial charge is 0.276 e. The van der Waals surface area contributed by atoms with Crippen LogP contribution in [0.15, 0.2) is 28.1 Å². The zero-order valence-corrected chi connectivity index (χ0v) is 15.9. The lowest BCUT2D eigenvalue weighted by atomic mass is 10.1. The van der Waals surface area contributed by atoms with Crippen molar-refractivity contribution in [3.05, 3.63) is 30.0 Å². The van der Waals surface area contributed by atoms with Crippen molar-refractivity contribution in [2.24, 2.45) is 13.0 Å². The monoisotopic (exact) mass is 395 g/mol.